The summed E-state index contributed by atoms with van der Waals surface area (Å²) in [5.74, 6) is 0. The van der Waals surface area contributed by atoms with Crippen molar-refractivity contribution < 1.29 is 0 Å². The lowest BCUT2D eigenvalue weighted by molar-refractivity contribution is 0.191. The van der Waals surface area contributed by atoms with E-state index in [-0.39, 0.29) is 0 Å². The molecule has 0 N–H and O–H groups in total. The largest absolute Gasteiger partial charge is 0.295 e. The Morgan fingerprint density at radius 1 is 1.08 bits per heavy atom. The summed E-state index contributed by atoms with van der Waals surface area (Å²) >= 11 is 0. The quantitative estimate of drug-likeness (QED) is 0.624. The first-order valence-corrected chi connectivity index (χ1v) is 6.25. The van der Waals surface area contributed by atoms with Crippen molar-refractivity contribution in [1.82, 2.24) is 4.90 Å². The van der Waals surface area contributed by atoms with Gasteiger partial charge in [0, 0.05) is 28.9 Å². The molecule has 0 aromatic rings. The van der Waals surface area contributed by atoms with Crippen LogP contribution in [0.2, 0.25) is 0 Å². The number of nitrogens with zero attached hydrogens (tertiary/aromatic N) is 1. The van der Waals surface area contributed by atoms with Gasteiger partial charge >= 0.3 is 0 Å². The summed E-state index contributed by atoms with van der Waals surface area (Å²) in [6.07, 6.45) is 0. The minimum atomic E-state index is 0.649. The average molecular weight is 199 g/mol. The lowest BCUT2D eigenvalue weighted by Gasteiger charge is -2.31. The highest BCUT2D eigenvalue weighted by atomic mass is 28.1. The molecular weight excluding hydrogens is 174 g/mol. The van der Waals surface area contributed by atoms with Gasteiger partial charge in [-0.15, -0.1) is 0 Å². The van der Waals surface area contributed by atoms with Crippen molar-refractivity contribution in [2.75, 3.05) is 6.54 Å². The highest BCUT2D eigenvalue weighted by Crippen LogP contribution is 2.10. The highest BCUT2D eigenvalue weighted by molar-refractivity contribution is 6.21. The van der Waals surface area contributed by atoms with Gasteiger partial charge in [-0.1, -0.05) is 10.8 Å². The van der Waals surface area contributed by atoms with E-state index in [0.29, 0.717) is 12.1 Å². The van der Waals surface area contributed by atoms with Crippen LogP contribution in [0.5, 0.6) is 0 Å². The van der Waals surface area contributed by atoms with Crippen LogP contribution in [0.3, 0.4) is 0 Å². The molecule has 2 heteroatoms. The fraction of sp³-hybridized carbons (Fsp3) is 0.818. The molecule has 0 unspecified atom stereocenters. The summed E-state index contributed by atoms with van der Waals surface area (Å²) in [6, 6.07) is 1.30. The van der Waals surface area contributed by atoms with E-state index in [4.69, 9.17) is 0 Å². The molecule has 0 aliphatic rings. The van der Waals surface area contributed by atoms with Crippen LogP contribution in [-0.2, 0) is 0 Å². The fourth-order valence-electron chi connectivity index (χ4n) is 1.39. The zero-order valence-corrected chi connectivity index (χ0v) is 12.3. The van der Waals surface area contributed by atoms with Crippen LogP contribution in [0.25, 0.3) is 0 Å². The standard InChI is InChI=1S/C11H25NSi/c1-8(2)12(9(3)4)7-10(5)11(6)13/h8-9H,7H2,1-6,13H3. The zero-order chi connectivity index (χ0) is 10.6. The summed E-state index contributed by atoms with van der Waals surface area (Å²) in [7, 11) is 1.20. The Morgan fingerprint density at radius 3 is 1.69 bits per heavy atom. The fourth-order valence-corrected chi connectivity index (χ4v) is 1.55. The van der Waals surface area contributed by atoms with Crippen molar-refractivity contribution in [2.45, 2.75) is 53.6 Å². The van der Waals surface area contributed by atoms with E-state index in [1.54, 1.807) is 10.8 Å². The van der Waals surface area contributed by atoms with Gasteiger partial charge in [0.15, 0.2) is 0 Å². The van der Waals surface area contributed by atoms with E-state index >= 15 is 0 Å². The Kier molecular flexibility index (Phi) is 5.57. The summed E-state index contributed by atoms with van der Waals surface area (Å²) in [6.45, 7) is 14.8. The monoisotopic (exact) mass is 199 g/mol. The molecule has 0 saturated heterocycles. The van der Waals surface area contributed by atoms with Crippen molar-refractivity contribution in [3.63, 3.8) is 0 Å². The van der Waals surface area contributed by atoms with Crippen LogP contribution >= 0.6 is 0 Å². The molecule has 0 amide bonds. The first-order valence-electron chi connectivity index (χ1n) is 5.25. The molecule has 0 aromatic heterocycles. The van der Waals surface area contributed by atoms with Crippen LogP contribution in [-0.4, -0.2) is 33.8 Å². The highest BCUT2D eigenvalue weighted by Gasteiger charge is 2.13. The Bertz CT molecular complexity index is 171. The molecule has 0 aliphatic heterocycles. The lowest BCUT2D eigenvalue weighted by Crippen LogP contribution is -2.38. The third-order valence-electron chi connectivity index (χ3n) is 2.60. The molecule has 0 heterocycles. The second-order valence-corrected chi connectivity index (χ2v) is 6.14. The summed E-state index contributed by atoms with van der Waals surface area (Å²) in [4.78, 5) is 2.54. The Morgan fingerprint density at radius 2 is 1.46 bits per heavy atom. The lowest BCUT2D eigenvalue weighted by atomic mass is 10.2. The summed E-state index contributed by atoms with van der Waals surface area (Å²) in [5.41, 5.74) is 1.56. The summed E-state index contributed by atoms with van der Waals surface area (Å²) < 4.78 is 0. The van der Waals surface area contributed by atoms with E-state index < -0.39 is 0 Å². The topological polar surface area (TPSA) is 3.24 Å². The van der Waals surface area contributed by atoms with E-state index in [1.165, 1.54) is 10.2 Å². The summed E-state index contributed by atoms with van der Waals surface area (Å²) in [5, 5.41) is 1.59. The maximum absolute atomic E-state index is 2.54. The Balaban J connectivity index is 4.36. The minimum absolute atomic E-state index is 0.649. The number of allylic oxidation sites excluding steroid dienone is 1. The number of hydrogen-bond acceptors (Lipinski definition) is 1. The van der Waals surface area contributed by atoms with E-state index in [0.717, 1.165) is 6.54 Å². The van der Waals surface area contributed by atoms with Crippen molar-refractivity contribution in [3.05, 3.63) is 10.8 Å². The molecule has 0 bridgehead atoms. The number of hydrogen-bond donors (Lipinski definition) is 0. The molecule has 0 aromatic carbocycles. The van der Waals surface area contributed by atoms with Gasteiger partial charge in [-0.05, 0) is 41.5 Å². The smallest absolute Gasteiger partial charge is 0.0329 e. The van der Waals surface area contributed by atoms with Crippen molar-refractivity contribution in [3.8, 4) is 0 Å². The second kappa shape index (κ2) is 5.61. The first kappa shape index (κ1) is 12.9. The van der Waals surface area contributed by atoms with Crippen LogP contribution in [0.1, 0.15) is 41.5 Å². The van der Waals surface area contributed by atoms with Gasteiger partial charge in [-0.2, -0.15) is 0 Å². The van der Waals surface area contributed by atoms with Crippen molar-refractivity contribution >= 4 is 10.2 Å². The molecule has 0 rings (SSSR count). The molecule has 0 atom stereocenters. The normalized spacial score (nSPS) is 14.5. The number of rotatable bonds is 4. The van der Waals surface area contributed by atoms with Gasteiger partial charge in [-0.3, -0.25) is 4.90 Å². The average Bonchev–Trinajstić information content (AvgIpc) is 1.97. The molecule has 0 radical (unpaired) electrons. The third-order valence-corrected chi connectivity index (χ3v) is 3.45. The van der Waals surface area contributed by atoms with Crippen LogP contribution in [0.15, 0.2) is 10.8 Å². The Labute approximate surface area is 86.6 Å². The minimum Gasteiger partial charge on any atom is -0.295 e. The van der Waals surface area contributed by atoms with Crippen molar-refractivity contribution in [2.24, 2.45) is 0 Å². The van der Waals surface area contributed by atoms with Gasteiger partial charge in [0.1, 0.15) is 0 Å². The SMILES string of the molecule is CC([SiH3])=C(C)CN(C(C)C)C(C)C. The maximum Gasteiger partial charge on any atom is 0.0329 e. The first-order chi connectivity index (χ1) is 5.86. The van der Waals surface area contributed by atoms with E-state index in [9.17, 15) is 0 Å². The van der Waals surface area contributed by atoms with Crippen LogP contribution in [0.4, 0.5) is 0 Å². The molecule has 13 heavy (non-hydrogen) atoms. The second-order valence-electron chi connectivity index (χ2n) is 4.64. The van der Waals surface area contributed by atoms with Crippen LogP contribution < -0.4 is 0 Å². The maximum atomic E-state index is 2.54. The van der Waals surface area contributed by atoms with Crippen LogP contribution in [0, 0.1) is 0 Å². The van der Waals surface area contributed by atoms with Crippen molar-refractivity contribution in [1.29, 1.82) is 0 Å². The molecule has 0 fully saturated rings. The third kappa shape index (κ3) is 4.63. The van der Waals surface area contributed by atoms with Gasteiger partial charge in [-0.25, -0.2) is 0 Å². The molecule has 0 aliphatic carbocycles. The zero-order valence-electron chi connectivity index (χ0n) is 10.3. The van der Waals surface area contributed by atoms with Gasteiger partial charge in [0.2, 0.25) is 0 Å². The predicted molar refractivity (Wildman–Crippen MR) is 65.3 cm³/mol. The predicted octanol–water partition coefficient (Wildman–Crippen LogP) is 1.76. The molecule has 0 saturated carbocycles. The molecule has 0 spiro atoms. The molecular formula is C11H25NSi. The van der Waals surface area contributed by atoms with Gasteiger partial charge in [0.25, 0.3) is 0 Å². The molecule has 78 valence electrons. The molecule has 1 nitrogen and oxygen atoms in total. The van der Waals surface area contributed by atoms with Gasteiger partial charge < -0.3 is 0 Å². The van der Waals surface area contributed by atoms with Gasteiger partial charge in [0.05, 0.1) is 0 Å². The van der Waals surface area contributed by atoms with E-state index in [1.807, 2.05) is 0 Å². The van der Waals surface area contributed by atoms with E-state index in [2.05, 4.69) is 46.4 Å². The Hall–Kier alpha value is -0.0831.